The van der Waals surface area contributed by atoms with E-state index in [-0.39, 0.29) is 12.5 Å². The summed E-state index contributed by atoms with van der Waals surface area (Å²) >= 11 is 1.26. The molecular weight excluding hydrogens is 152 g/mol. The van der Waals surface area contributed by atoms with E-state index < -0.39 is 0 Å². The molecule has 0 aromatic heterocycles. The average molecular weight is 164 g/mol. The molecule has 0 spiro atoms. The highest BCUT2D eigenvalue weighted by molar-refractivity contribution is 7.97. The SMILES string of the molecule is CSNC(=O)COCCN. The van der Waals surface area contributed by atoms with E-state index in [0.29, 0.717) is 13.2 Å². The number of nitrogens with two attached hydrogens (primary N) is 1. The maximum absolute atomic E-state index is 10.6. The zero-order valence-electron chi connectivity index (χ0n) is 5.92. The van der Waals surface area contributed by atoms with Crippen LogP contribution in [-0.4, -0.2) is 31.9 Å². The Bertz CT molecular complexity index is 99.6. The first-order valence-electron chi connectivity index (χ1n) is 2.91. The van der Waals surface area contributed by atoms with Crippen molar-refractivity contribution in [3.63, 3.8) is 0 Å². The van der Waals surface area contributed by atoms with Gasteiger partial charge in [-0.05, 0) is 0 Å². The summed E-state index contributed by atoms with van der Waals surface area (Å²) in [7, 11) is 0. The van der Waals surface area contributed by atoms with Crippen LogP contribution in [-0.2, 0) is 9.53 Å². The normalized spacial score (nSPS) is 9.40. The number of ether oxygens (including phenoxy) is 1. The van der Waals surface area contributed by atoms with Crippen molar-refractivity contribution in [1.82, 2.24) is 4.72 Å². The summed E-state index contributed by atoms with van der Waals surface area (Å²) in [5.41, 5.74) is 5.13. The maximum atomic E-state index is 10.6. The van der Waals surface area contributed by atoms with Gasteiger partial charge in [-0.3, -0.25) is 9.52 Å². The number of carbonyl (C=O) groups is 1. The number of hydrogen-bond acceptors (Lipinski definition) is 4. The van der Waals surface area contributed by atoms with Crippen LogP contribution in [0, 0.1) is 0 Å². The Morgan fingerprint density at radius 1 is 1.80 bits per heavy atom. The monoisotopic (exact) mass is 164 g/mol. The van der Waals surface area contributed by atoms with Gasteiger partial charge in [-0.15, -0.1) is 0 Å². The van der Waals surface area contributed by atoms with Gasteiger partial charge in [-0.25, -0.2) is 0 Å². The molecule has 10 heavy (non-hydrogen) atoms. The molecule has 0 radical (unpaired) electrons. The molecule has 4 nitrogen and oxygen atoms in total. The minimum atomic E-state index is -0.124. The van der Waals surface area contributed by atoms with Crippen molar-refractivity contribution in [2.75, 3.05) is 26.0 Å². The average Bonchev–Trinajstić information content (AvgIpc) is 1.89. The second kappa shape index (κ2) is 6.85. The predicted octanol–water partition coefficient (Wildman–Crippen LogP) is -0.644. The van der Waals surface area contributed by atoms with Crippen LogP contribution in [0.4, 0.5) is 0 Å². The van der Waals surface area contributed by atoms with Crippen molar-refractivity contribution in [3.05, 3.63) is 0 Å². The second-order valence-corrected chi connectivity index (χ2v) is 2.18. The lowest BCUT2D eigenvalue weighted by Gasteiger charge is -2.00. The quantitative estimate of drug-likeness (QED) is 0.419. The Labute approximate surface area is 64.6 Å². The highest BCUT2D eigenvalue weighted by atomic mass is 32.2. The molecule has 0 atom stereocenters. The van der Waals surface area contributed by atoms with Gasteiger partial charge in [0.2, 0.25) is 0 Å². The first kappa shape index (κ1) is 9.74. The van der Waals surface area contributed by atoms with Crippen LogP contribution in [0.5, 0.6) is 0 Å². The number of nitrogens with one attached hydrogen (secondary N) is 1. The third kappa shape index (κ3) is 5.87. The number of carbonyl (C=O) groups excluding carboxylic acids is 1. The standard InChI is InChI=1S/C5H12N2O2S/c1-10-7-5(8)4-9-3-2-6/h2-4,6H2,1H3,(H,7,8). The molecule has 0 aromatic rings. The van der Waals surface area contributed by atoms with Gasteiger partial charge in [-0.1, -0.05) is 11.9 Å². The van der Waals surface area contributed by atoms with E-state index in [2.05, 4.69) is 4.72 Å². The Hall–Kier alpha value is -0.260. The number of amides is 1. The van der Waals surface area contributed by atoms with Crippen LogP contribution in [0.1, 0.15) is 0 Å². The molecule has 0 heterocycles. The summed E-state index contributed by atoms with van der Waals surface area (Å²) in [6, 6.07) is 0. The van der Waals surface area contributed by atoms with E-state index in [9.17, 15) is 4.79 Å². The summed E-state index contributed by atoms with van der Waals surface area (Å²) in [6.07, 6.45) is 1.78. The summed E-state index contributed by atoms with van der Waals surface area (Å²) in [6.45, 7) is 0.979. The molecule has 0 unspecified atom stereocenters. The molecule has 0 saturated heterocycles. The highest BCUT2D eigenvalue weighted by Crippen LogP contribution is 1.82. The largest absolute Gasteiger partial charge is 0.370 e. The lowest BCUT2D eigenvalue weighted by Crippen LogP contribution is -2.22. The maximum Gasteiger partial charge on any atom is 0.255 e. The van der Waals surface area contributed by atoms with E-state index in [4.69, 9.17) is 10.5 Å². The Morgan fingerprint density at radius 3 is 3.00 bits per heavy atom. The smallest absolute Gasteiger partial charge is 0.255 e. The van der Waals surface area contributed by atoms with Gasteiger partial charge in [0.25, 0.3) is 5.91 Å². The molecule has 0 fully saturated rings. The molecule has 0 bridgehead atoms. The number of hydrogen-bond donors (Lipinski definition) is 2. The van der Waals surface area contributed by atoms with Crippen LogP contribution >= 0.6 is 11.9 Å². The summed E-state index contributed by atoms with van der Waals surface area (Å²) in [5.74, 6) is -0.124. The number of rotatable bonds is 5. The van der Waals surface area contributed by atoms with Crippen molar-refractivity contribution in [2.45, 2.75) is 0 Å². The topological polar surface area (TPSA) is 64.3 Å². The van der Waals surface area contributed by atoms with Crippen LogP contribution in [0.15, 0.2) is 0 Å². The summed E-state index contributed by atoms with van der Waals surface area (Å²) < 4.78 is 7.36. The molecular formula is C5H12N2O2S. The minimum absolute atomic E-state index is 0.0953. The van der Waals surface area contributed by atoms with Gasteiger partial charge in [0.1, 0.15) is 6.61 Å². The Kier molecular flexibility index (Phi) is 6.68. The van der Waals surface area contributed by atoms with Crippen LogP contribution in [0.25, 0.3) is 0 Å². The lowest BCUT2D eigenvalue weighted by atomic mass is 10.6. The molecule has 1 amide bonds. The molecule has 0 aliphatic heterocycles. The molecule has 0 saturated carbocycles. The van der Waals surface area contributed by atoms with E-state index >= 15 is 0 Å². The first-order valence-corrected chi connectivity index (χ1v) is 4.13. The van der Waals surface area contributed by atoms with E-state index in [0.717, 1.165) is 0 Å². The van der Waals surface area contributed by atoms with Crippen molar-refractivity contribution >= 4 is 17.9 Å². The first-order chi connectivity index (χ1) is 4.81. The fourth-order valence-electron chi connectivity index (χ4n) is 0.391. The minimum Gasteiger partial charge on any atom is -0.370 e. The zero-order valence-corrected chi connectivity index (χ0v) is 6.74. The van der Waals surface area contributed by atoms with Gasteiger partial charge in [0.15, 0.2) is 0 Å². The molecule has 60 valence electrons. The van der Waals surface area contributed by atoms with Crippen molar-refractivity contribution in [3.8, 4) is 0 Å². The van der Waals surface area contributed by atoms with Gasteiger partial charge in [-0.2, -0.15) is 0 Å². The third-order valence-electron chi connectivity index (χ3n) is 0.711. The predicted molar refractivity (Wildman–Crippen MR) is 41.5 cm³/mol. The fourth-order valence-corrected chi connectivity index (χ4v) is 0.678. The summed E-state index contributed by atoms with van der Waals surface area (Å²) in [5, 5.41) is 0. The molecule has 0 aliphatic carbocycles. The Balaban J connectivity index is 3.05. The van der Waals surface area contributed by atoms with E-state index in [1.807, 2.05) is 0 Å². The van der Waals surface area contributed by atoms with Gasteiger partial charge in [0.05, 0.1) is 6.61 Å². The van der Waals surface area contributed by atoms with Crippen molar-refractivity contribution < 1.29 is 9.53 Å². The van der Waals surface area contributed by atoms with Crippen molar-refractivity contribution in [1.29, 1.82) is 0 Å². The van der Waals surface area contributed by atoms with E-state index in [1.165, 1.54) is 11.9 Å². The molecule has 0 aliphatic rings. The van der Waals surface area contributed by atoms with Crippen LogP contribution < -0.4 is 10.5 Å². The molecule has 5 heteroatoms. The van der Waals surface area contributed by atoms with Gasteiger partial charge >= 0.3 is 0 Å². The Morgan fingerprint density at radius 2 is 2.50 bits per heavy atom. The second-order valence-electron chi connectivity index (χ2n) is 1.57. The van der Waals surface area contributed by atoms with E-state index in [1.54, 1.807) is 6.26 Å². The lowest BCUT2D eigenvalue weighted by molar-refractivity contribution is -0.123. The fraction of sp³-hybridized carbons (Fsp3) is 0.800. The van der Waals surface area contributed by atoms with Gasteiger partial charge in [0, 0.05) is 12.8 Å². The van der Waals surface area contributed by atoms with Crippen molar-refractivity contribution in [2.24, 2.45) is 5.73 Å². The van der Waals surface area contributed by atoms with Gasteiger partial charge < -0.3 is 10.5 Å². The highest BCUT2D eigenvalue weighted by Gasteiger charge is 1.96. The zero-order chi connectivity index (χ0) is 7.82. The third-order valence-corrected chi connectivity index (χ3v) is 1.14. The summed E-state index contributed by atoms with van der Waals surface area (Å²) in [4.78, 5) is 10.6. The molecule has 0 rings (SSSR count). The molecule has 3 N–H and O–H groups in total. The van der Waals surface area contributed by atoms with Crippen LogP contribution in [0.2, 0.25) is 0 Å². The molecule has 0 aromatic carbocycles. The van der Waals surface area contributed by atoms with Crippen LogP contribution in [0.3, 0.4) is 0 Å².